The number of hydrogen-bond donors (Lipinski definition) is 1. The van der Waals surface area contributed by atoms with Gasteiger partial charge in [-0.15, -0.1) is 0 Å². The van der Waals surface area contributed by atoms with Gasteiger partial charge in [0.05, 0.1) is 0 Å². The van der Waals surface area contributed by atoms with Gasteiger partial charge in [0.15, 0.2) is 0 Å². The van der Waals surface area contributed by atoms with Crippen LogP contribution in [0.1, 0.15) is 59.8 Å². The first-order valence-corrected chi connectivity index (χ1v) is 6.35. The molecule has 0 aliphatic heterocycles. The van der Waals surface area contributed by atoms with Gasteiger partial charge in [-0.25, -0.2) is 0 Å². The molecule has 0 radical (unpaired) electrons. The van der Waals surface area contributed by atoms with Gasteiger partial charge < -0.3 is 5.32 Å². The Morgan fingerprint density at radius 1 is 1.07 bits per heavy atom. The van der Waals surface area contributed by atoms with Crippen molar-refractivity contribution < 1.29 is 0 Å². The zero-order valence-corrected chi connectivity index (χ0v) is 10.3. The van der Waals surface area contributed by atoms with E-state index in [1.165, 1.54) is 32.1 Å². The van der Waals surface area contributed by atoms with Crippen LogP contribution in [-0.2, 0) is 0 Å². The largest absolute Gasteiger partial charge is 0.311 e. The summed E-state index contributed by atoms with van der Waals surface area (Å²) in [6, 6.07) is 1.41. The van der Waals surface area contributed by atoms with Gasteiger partial charge in [-0.1, -0.05) is 26.7 Å². The summed E-state index contributed by atoms with van der Waals surface area (Å²) in [5, 5.41) is 3.75. The Labute approximate surface area is 89.7 Å². The fraction of sp³-hybridized carbons (Fsp3) is 1.00. The van der Waals surface area contributed by atoms with E-state index in [1.807, 2.05) is 0 Å². The van der Waals surface area contributed by atoms with Crippen molar-refractivity contribution in [2.24, 2.45) is 11.8 Å². The van der Waals surface area contributed by atoms with Crippen molar-refractivity contribution in [1.82, 2.24) is 5.32 Å². The third kappa shape index (κ3) is 4.00. The molecule has 1 aliphatic carbocycles. The molecule has 0 aromatic carbocycles. The van der Waals surface area contributed by atoms with Gasteiger partial charge in [0.25, 0.3) is 0 Å². The Kier molecular flexibility index (Phi) is 4.94. The third-order valence-electron chi connectivity index (χ3n) is 3.48. The highest BCUT2D eigenvalue weighted by molar-refractivity contribution is 4.79. The summed E-state index contributed by atoms with van der Waals surface area (Å²) >= 11 is 0. The zero-order valence-electron chi connectivity index (χ0n) is 10.3. The van der Waals surface area contributed by atoms with Crippen molar-refractivity contribution in [3.8, 4) is 0 Å². The summed E-state index contributed by atoms with van der Waals surface area (Å²) in [5.41, 5.74) is 0. The molecule has 1 fully saturated rings. The van der Waals surface area contributed by atoms with Gasteiger partial charge in [-0.3, -0.25) is 0 Å². The van der Waals surface area contributed by atoms with Crippen molar-refractivity contribution in [2.45, 2.75) is 71.9 Å². The molecule has 1 aliphatic rings. The second kappa shape index (κ2) is 5.75. The normalized spacial score (nSPS) is 22.9. The van der Waals surface area contributed by atoms with E-state index in [1.54, 1.807) is 0 Å². The molecule has 1 unspecified atom stereocenters. The molecule has 0 heterocycles. The van der Waals surface area contributed by atoms with E-state index in [9.17, 15) is 0 Å². The average Bonchev–Trinajstić information content (AvgIpc) is 2.53. The van der Waals surface area contributed by atoms with E-state index in [0.29, 0.717) is 6.04 Å². The molecule has 1 saturated carbocycles. The van der Waals surface area contributed by atoms with Crippen LogP contribution in [0.15, 0.2) is 0 Å². The van der Waals surface area contributed by atoms with E-state index in [4.69, 9.17) is 0 Å². The van der Waals surface area contributed by atoms with E-state index < -0.39 is 0 Å². The molecule has 14 heavy (non-hydrogen) atoms. The number of nitrogens with one attached hydrogen (secondary N) is 1. The van der Waals surface area contributed by atoms with Crippen LogP contribution < -0.4 is 5.32 Å². The first kappa shape index (κ1) is 12.0. The Balaban J connectivity index is 2.21. The van der Waals surface area contributed by atoms with Gasteiger partial charge in [-0.05, 0) is 44.9 Å². The second-order valence-corrected chi connectivity index (χ2v) is 5.53. The van der Waals surface area contributed by atoms with E-state index >= 15 is 0 Å². The molecular weight excluding hydrogens is 170 g/mol. The van der Waals surface area contributed by atoms with Crippen LogP contribution in [0.2, 0.25) is 0 Å². The number of hydrogen-bond acceptors (Lipinski definition) is 1. The van der Waals surface area contributed by atoms with E-state index in [0.717, 1.165) is 17.9 Å². The third-order valence-corrected chi connectivity index (χ3v) is 3.48. The lowest BCUT2D eigenvalue weighted by atomic mass is 9.97. The Morgan fingerprint density at radius 3 is 2.14 bits per heavy atom. The highest BCUT2D eigenvalue weighted by Crippen LogP contribution is 2.27. The van der Waals surface area contributed by atoms with E-state index in [2.05, 4.69) is 33.0 Å². The molecule has 1 heteroatoms. The monoisotopic (exact) mass is 197 g/mol. The second-order valence-electron chi connectivity index (χ2n) is 5.53. The van der Waals surface area contributed by atoms with Crippen LogP contribution in [0.25, 0.3) is 0 Å². The summed E-state index contributed by atoms with van der Waals surface area (Å²) in [4.78, 5) is 0. The Bertz CT molecular complexity index is 147. The topological polar surface area (TPSA) is 12.0 Å². The maximum atomic E-state index is 3.75. The summed E-state index contributed by atoms with van der Waals surface area (Å²) in [7, 11) is 0. The van der Waals surface area contributed by atoms with Crippen molar-refractivity contribution >= 4 is 0 Å². The van der Waals surface area contributed by atoms with Crippen LogP contribution >= 0.6 is 0 Å². The molecule has 0 aromatic heterocycles. The summed E-state index contributed by atoms with van der Waals surface area (Å²) in [5.74, 6) is 1.76. The van der Waals surface area contributed by atoms with Gasteiger partial charge in [0.2, 0.25) is 0 Å². The molecular formula is C13H27N. The SMILES string of the molecule is CC(C)CC(C)N[C@H](C)C1CCCC1. The highest BCUT2D eigenvalue weighted by Gasteiger charge is 2.22. The first-order chi connectivity index (χ1) is 6.59. The predicted molar refractivity (Wildman–Crippen MR) is 63.5 cm³/mol. The van der Waals surface area contributed by atoms with Crippen molar-refractivity contribution in [2.75, 3.05) is 0 Å². The lowest BCUT2D eigenvalue weighted by Gasteiger charge is -2.25. The van der Waals surface area contributed by atoms with Gasteiger partial charge in [0.1, 0.15) is 0 Å². The van der Waals surface area contributed by atoms with Crippen LogP contribution in [0, 0.1) is 11.8 Å². The maximum Gasteiger partial charge on any atom is 0.00694 e. The molecule has 2 atom stereocenters. The highest BCUT2D eigenvalue weighted by atomic mass is 14.9. The molecule has 0 saturated heterocycles. The summed E-state index contributed by atoms with van der Waals surface area (Å²) in [6.45, 7) is 9.30. The Hall–Kier alpha value is -0.0400. The fourth-order valence-electron chi connectivity index (χ4n) is 2.82. The smallest absolute Gasteiger partial charge is 0.00694 e. The average molecular weight is 197 g/mol. The minimum Gasteiger partial charge on any atom is -0.311 e. The van der Waals surface area contributed by atoms with Gasteiger partial charge in [-0.2, -0.15) is 0 Å². The van der Waals surface area contributed by atoms with Gasteiger partial charge >= 0.3 is 0 Å². The fourth-order valence-corrected chi connectivity index (χ4v) is 2.82. The molecule has 1 N–H and O–H groups in total. The molecule has 0 spiro atoms. The molecule has 0 aromatic rings. The van der Waals surface area contributed by atoms with Crippen LogP contribution in [0.3, 0.4) is 0 Å². The number of rotatable bonds is 5. The van der Waals surface area contributed by atoms with Gasteiger partial charge in [0, 0.05) is 12.1 Å². The van der Waals surface area contributed by atoms with Crippen molar-refractivity contribution in [3.05, 3.63) is 0 Å². The molecule has 84 valence electrons. The standard InChI is InChI=1S/C13H27N/c1-10(2)9-11(3)14-12(4)13-7-5-6-8-13/h10-14H,5-9H2,1-4H3/t11?,12-/m1/s1. The predicted octanol–water partition coefficient (Wildman–Crippen LogP) is 3.59. The Morgan fingerprint density at radius 2 is 1.64 bits per heavy atom. The molecule has 0 amide bonds. The van der Waals surface area contributed by atoms with Crippen LogP contribution in [0.4, 0.5) is 0 Å². The van der Waals surface area contributed by atoms with Crippen LogP contribution in [0.5, 0.6) is 0 Å². The molecule has 1 rings (SSSR count). The first-order valence-electron chi connectivity index (χ1n) is 6.35. The van der Waals surface area contributed by atoms with Crippen molar-refractivity contribution in [1.29, 1.82) is 0 Å². The van der Waals surface area contributed by atoms with E-state index in [-0.39, 0.29) is 0 Å². The lowest BCUT2D eigenvalue weighted by Crippen LogP contribution is -2.39. The summed E-state index contributed by atoms with van der Waals surface area (Å²) in [6.07, 6.45) is 7.10. The quantitative estimate of drug-likeness (QED) is 0.710. The summed E-state index contributed by atoms with van der Waals surface area (Å²) < 4.78 is 0. The van der Waals surface area contributed by atoms with Crippen LogP contribution in [-0.4, -0.2) is 12.1 Å². The maximum absolute atomic E-state index is 3.75. The lowest BCUT2D eigenvalue weighted by molar-refractivity contribution is 0.325. The van der Waals surface area contributed by atoms with Crippen molar-refractivity contribution in [3.63, 3.8) is 0 Å². The zero-order chi connectivity index (χ0) is 10.6. The molecule has 1 nitrogen and oxygen atoms in total. The minimum absolute atomic E-state index is 0.686. The minimum atomic E-state index is 0.686. The molecule has 0 bridgehead atoms.